The highest BCUT2D eigenvalue weighted by Crippen LogP contribution is 2.14. The molecule has 5 heteroatoms. The SMILES string of the molecule is COC(=O)C(=O)c1ccc(OCCCOc2ccccc2)cc1. The molecule has 23 heavy (non-hydrogen) atoms. The lowest BCUT2D eigenvalue weighted by Crippen LogP contribution is -2.15. The average molecular weight is 314 g/mol. The van der Waals surface area contributed by atoms with Crippen LogP contribution in [0.25, 0.3) is 0 Å². The van der Waals surface area contributed by atoms with E-state index in [1.165, 1.54) is 19.2 Å². The standard InChI is InChI=1S/C18H18O5/c1-21-18(20)17(19)14-8-10-16(11-9-14)23-13-5-12-22-15-6-3-2-4-7-15/h2-4,6-11H,5,12-13H2,1H3. The summed E-state index contributed by atoms with van der Waals surface area (Å²) in [5.74, 6) is -0.0867. The summed E-state index contributed by atoms with van der Waals surface area (Å²) >= 11 is 0. The number of hydrogen-bond acceptors (Lipinski definition) is 5. The van der Waals surface area contributed by atoms with Crippen LogP contribution in [-0.4, -0.2) is 32.1 Å². The number of hydrogen-bond donors (Lipinski definition) is 0. The molecule has 0 unspecified atom stereocenters. The van der Waals surface area contributed by atoms with Gasteiger partial charge in [-0.1, -0.05) is 18.2 Å². The Bertz CT molecular complexity index is 634. The zero-order chi connectivity index (χ0) is 16.5. The number of benzene rings is 2. The lowest BCUT2D eigenvalue weighted by Gasteiger charge is -2.08. The third kappa shape index (κ3) is 5.14. The van der Waals surface area contributed by atoms with Crippen molar-refractivity contribution >= 4 is 11.8 Å². The summed E-state index contributed by atoms with van der Waals surface area (Å²) < 4.78 is 15.5. The highest BCUT2D eigenvalue weighted by atomic mass is 16.5. The van der Waals surface area contributed by atoms with Gasteiger partial charge in [0, 0.05) is 12.0 Å². The van der Waals surface area contributed by atoms with Crippen LogP contribution < -0.4 is 9.47 Å². The van der Waals surface area contributed by atoms with E-state index in [1.54, 1.807) is 12.1 Å². The summed E-state index contributed by atoms with van der Waals surface area (Å²) in [6, 6.07) is 15.9. The molecule has 0 aliphatic carbocycles. The maximum Gasteiger partial charge on any atom is 0.379 e. The summed E-state index contributed by atoms with van der Waals surface area (Å²) in [5.41, 5.74) is 0.275. The number of methoxy groups -OCH3 is 1. The van der Waals surface area contributed by atoms with E-state index in [4.69, 9.17) is 9.47 Å². The second kappa shape index (κ2) is 8.58. The van der Waals surface area contributed by atoms with Crippen LogP contribution in [0.2, 0.25) is 0 Å². The molecule has 0 amide bonds. The molecule has 0 N–H and O–H groups in total. The number of carbonyl (C=O) groups is 2. The number of rotatable bonds is 8. The van der Waals surface area contributed by atoms with Crippen LogP contribution in [0.4, 0.5) is 0 Å². The molecule has 2 aromatic rings. The van der Waals surface area contributed by atoms with Gasteiger partial charge in [0.25, 0.3) is 5.78 Å². The highest BCUT2D eigenvalue weighted by Gasteiger charge is 2.16. The third-order valence-electron chi connectivity index (χ3n) is 3.06. The molecule has 0 spiro atoms. The van der Waals surface area contributed by atoms with Gasteiger partial charge in [-0.25, -0.2) is 4.79 Å². The summed E-state index contributed by atoms with van der Waals surface area (Å²) in [7, 11) is 1.18. The summed E-state index contributed by atoms with van der Waals surface area (Å²) in [5, 5.41) is 0. The van der Waals surface area contributed by atoms with E-state index in [9.17, 15) is 9.59 Å². The monoisotopic (exact) mass is 314 g/mol. The molecule has 0 aliphatic rings. The Morgan fingerprint density at radius 3 is 1.96 bits per heavy atom. The lowest BCUT2D eigenvalue weighted by atomic mass is 10.1. The van der Waals surface area contributed by atoms with Gasteiger partial charge in [0.2, 0.25) is 0 Å². The number of ketones is 1. The van der Waals surface area contributed by atoms with Crippen LogP contribution >= 0.6 is 0 Å². The number of Topliss-reactive ketones (excluding diaryl/α,β-unsaturated/α-hetero) is 1. The zero-order valence-electron chi connectivity index (χ0n) is 12.9. The molecular formula is C18H18O5. The minimum Gasteiger partial charge on any atom is -0.493 e. The average Bonchev–Trinajstić information content (AvgIpc) is 2.61. The molecule has 5 nitrogen and oxygen atoms in total. The van der Waals surface area contributed by atoms with Gasteiger partial charge in [-0.05, 0) is 36.4 Å². The summed E-state index contributed by atoms with van der Waals surface area (Å²) in [4.78, 5) is 22.7. The van der Waals surface area contributed by atoms with Crippen LogP contribution in [0.5, 0.6) is 11.5 Å². The molecule has 0 atom stereocenters. The van der Waals surface area contributed by atoms with Gasteiger partial charge >= 0.3 is 5.97 Å². The fourth-order valence-corrected chi connectivity index (χ4v) is 1.87. The van der Waals surface area contributed by atoms with Crippen molar-refractivity contribution in [3.05, 3.63) is 60.2 Å². The van der Waals surface area contributed by atoms with Crippen molar-refractivity contribution < 1.29 is 23.8 Å². The van der Waals surface area contributed by atoms with Gasteiger partial charge < -0.3 is 14.2 Å². The van der Waals surface area contributed by atoms with E-state index in [1.807, 2.05) is 30.3 Å². The first-order valence-corrected chi connectivity index (χ1v) is 7.24. The summed E-state index contributed by atoms with van der Waals surface area (Å²) in [6.45, 7) is 1.06. The molecule has 0 radical (unpaired) electrons. The van der Waals surface area contributed by atoms with Crippen LogP contribution in [0.1, 0.15) is 16.8 Å². The fraction of sp³-hybridized carbons (Fsp3) is 0.222. The molecule has 0 heterocycles. The molecule has 0 bridgehead atoms. The predicted octanol–water partition coefficient (Wildman–Crippen LogP) is 2.89. The second-order valence-electron chi connectivity index (χ2n) is 4.71. The molecule has 0 fully saturated rings. The maximum atomic E-state index is 11.6. The number of para-hydroxylation sites is 1. The van der Waals surface area contributed by atoms with E-state index in [2.05, 4.69) is 4.74 Å². The van der Waals surface area contributed by atoms with Gasteiger partial charge in [-0.2, -0.15) is 0 Å². The quantitative estimate of drug-likeness (QED) is 0.324. The van der Waals surface area contributed by atoms with E-state index in [0.717, 1.165) is 12.2 Å². The summed E-state index contributed by atoms with van der Waals surface area (Å²) in [6.07, 6.45) is 0.734. The minimum absolute atomic E-state index is 0.275. The van der Waals surface area contributed by atoms with E-state index in [0.29, 0.717) is 19.0 Å². The Kier molecular flexibility index (Phi) is 6.17. The number of carbonyl (C=O) groups excluding carboxylic acids is 2. The predicted molar refractivity (Wildman–Crippen MR) is 84.8 cm³/mol. The van der Waals surface area contributed by atoms with Gasteiger partial charge in [0.15, 0.2) is 0 Å². The van der Waals surface area contributed by atoms with Crippen LogP contribution in [0.15, 0.2) is 54.6 Å². The van der Waals surface area contributed by atoms with Crippen LogP contribution in [0.3, 0.4) is 0 Å². The third-order valence-corrected chi connectivity index (χ3v) is 3.06. The van der Waals surface area contributed by atoms with Crippen LogP contribution in [0, 0.1) is 0 Å². The Morgan fingerprint density at radius 1 is 0.826 bits per heavy atom. The van der Waals surface area contributed by atoms with Crippen molar-refractivity contribution in [2.45, 2.75) is 6.42 Å². The molecule has 120 valence electrons. The second-order valence-corrected chi connectivity index (χ2v) is 4.71. The van der Waals surface area contributed by atoms with E-state index < -0.39 is 11.8 Å². The normalized spacial score (nSPS) is 9.96. The molecule has 0 saturated carbocycles. The van der Waals surface area contributed by atoms with Crippen molar-refractivity contribution in [2.75, 3.05) is 20.3 Å². The van der Waals surface area contributed by atoms with Crippen molar-refractivity contribution in [3.8, 4) is 11.5 Å². The van der Waals surface area contributed by atoms with Crippen molar-refractivity contribution in [2.24, 2.45) is 0 Å². The van der Waals surface area contributed by atoms with E-state index in [-0.39, 0.29) is 5.56 Å². The Hall–Kier alpha value is -2.82. The van der Waals surface area contributed by atoms with Gasteiger partial charge in [0.1, 0.15) is 11.5 Å². The van der Waals surface area contributed by atoms with Crippen molar-refractivity contribution in [1.29, 1.82) is 0 Å². The first-order valence-electron chi connectivity index (χ1n) is 7.24. The van der Waals surface area contributed by atoms with E-state index >= 15 is 0 Å². The first-order chi connectivity index (χ1) is 11.2. The van der Waals surface area contributed by atoms with Crippen molar-refractivity contribution in [1.82, 2.24) is 0 Å². The Labute approximate surface area is 134 Å². The number of esters is 1. The van der Waals surface area contributed by atoms with Gasteiger partial charge in [-0.3, -0.25) is 4.79 Å². The minimum atomic E-state index is -0.878. The van der Waals surface area contributed by atoms with Crippen molar-refractivity contribution in [3.63, 3.8) is 0 Å². The molecular weight excluding hydrogens is 296 g/mol. The Morgan fingerprint density at radius 2 is 1.39 bits per heavy atom. The largest absolute Gasteiger partial charge is 0.493 e. The molecule has 0 saturated heterocycles. The first kappa shape index (κ1) is 16.5. The molecule has 0 aromatic heterocycles. The smallest absolute Gasteiger partial charge is 0.379 e. The molecule has 2 rings (SSSR count). The van der Waals surface area contributed by atoms with Crippen LogP contribution in [-0.2, 0) is 9.53 Å². The number of ether oxygens (including phenoxy) is 3. The zero-order valence-corrected chi connectivity index (χ0v) is 12.9. The lowest BCUT2D eigenvalue weighted by molar-refractivity contribution is -0.135. The Balaban J connectivity index is 1.72. The van der Waals surface area contributed by atoms with Gasteiger partial charge in [0.05, 0.1) is 20.3 Å². The topological polar surface area (TPSA) is 61.8 Å². The maximum absolute atomic E-state index is 11.6. The van der Waals surface area contributed by atoms with Gasteiger partial charge in [-0.15, -0.1) is 0 Å². The highest BCUT2D eigenvalue weighted by molar-refractivity contribution is 6.40. The fourth-order valence-electron chi connectivity index (χ4n) is 1.87. The molecule has 2 aromatic carbocycles. The molecule has 0 aliphatic heterocycles.